The van der Waals surface area contributed by atoms with Crippen LogP contribution in [0.25, 0.3) is 0 Å². The maximum Gasteiger partial charge on any atom is 0.251 e. The molecule has 5 heteroatoms. The van der Waals surface area contributed by atoms with Crippen LogP contribution in [-0.4, -0.2) is 28.3 Å². The smallest absolute Gasteiger partial charge is 0.251 e. The van der Waals surface area contributed by atoms with Gasteiger partial charge in [-0.2, -0.15) is 0 Å². The highest BCUT2D eigenvalue weighted by molar-refractivity contribution is 5.06. The highest BCUT2D eigenvalue weighted by atomic mass is 16.5. The molecular weight excluding hydrogens is 184 g/mol. The van der Waals surface area contributed by atoms with Gasteiger partial charge < -0.3 is 14.8 Å². The Morgan fingerprint density at radius 1 is 1.71 bits per heavy atom. The number of rotatable bonds is 2. The summed E-state index contributed by atoms with van der Waals surface area (Å²) in [5.41, 5.74) is 0.196. The van der Waals surface area contributed by atoms with Crippen molar-refractivity contribution < 1.29 is 9.84 Å². The molecule has 14 heavy (non-hydrogen) atoms. The van der Waals surface area contributed by atoms with E-state index in [-0.39, 0.29) is 18.1 Å². The Hall–Kier alpha value is -1.20. The first kappa shape index (κ1) is 9.36. The van der Waals surface area contributed by atoms with Gasteiger partial charge in [0.25, 0.3) is 5.56 Å². The minimum atomic E-state index is -0.217. The van der Waals surface area contributed by atoms with Gasteiger partial charge in [-0.15, -0.1) is 0 Å². The van der Waals surface area contributed by atoms with Crippen molar-refractivity contribution in [2.75, 3.05) is 13.2 Å². The molecule has 0 saturated carbocycles. The van der Waals surface area contributed by atoms with E-state index in [4.69, 9.17) is 9.84 Å². The summed E-state index contributed by atoms with van der Waals surface area (Å²) in [5, 5.41) is 8.88. The van der Waals surface area contributed by atoms with E-state index in [1.54, 1.807) is 0 Å². The molecule has 0 amide bonds. The predicted molar refractivity (Wildman–Crippen MR) is 49.0 cm³/mol. The maximum absolute atomic E-state index is 11.2. The van der Waals surface area contributed by atoms with Crippen LogP contribution in [0.1, 0.15) is 23.9 Å². The van der Waals surface area contributed by atoms with Crippen LogP contribution in [0.15, 0.2) is 10.9 Å². The maximum atomic E-state index is 11.2. The number of aromatic nitrogens is 2. The molecular formula is C9H12N2O3. The second-order valence-electron chi connectivity index (χ2n) is 3.34. The van der Waals surface area contributed by atoms with Gasteiger partial charge in [-0.1, -0.05) is 0 Å². The van der Waals surface area contributed by atoms with Gasteiger partial charge in [-0.05, 0) is 6.42 Å². The Kier molecular flexibility index (Phi) is 2.60. The molecule has 2 heterocycles. The Bertz CT molecular complexity index is 369. The van der Waals surface area contributed by atoms with Crippen LogP contribution >= 0.6 is 0 Å². The zero-order valence-corrected chi connectivity index (χ0v) is 7.69. The van der Waals surface area contributed by atoms with E-state index in [2.05, 4.69) is 9.97 Å². The fourth-order valence-electron chi connectivity index (χ4n) is 1.55. The lowest BCUT2D eigenvalue weighted by molar-refractivity contribution is 0.193. The number of nitrogens with one attached hydrogen (secondary N) is 1. The molecule has 76 valence electrons. The average Bonchev–Trinajstić information content (AvgIpc) is 2.69. The van der Waals surface area contributed by atoms with Gasteiger partial charge in [0, 0.05) is 18.6 Å². The third-order valence-electron chi connectivity index (χ3n) is 2.29. The van der Waals surface area contributed by atoms with Crippen LogP contribution in [0.2, 0.25) is 0 Å². The minimum absolute atomic E-state index is 0.161. The molecule has 0 aliphatic carbocycles. The molecule has 2 rings (SSSR count). The van der Waals surface area contributed by atoms with Crippen molar-refractivity contribution in [3.8, 4) is 0 Å². The fraction of sp³-hybridized carbons (Fsp3) is 0.556. The summed E-state index contributed by atoms with van der Waals surface area (Å²) >= 11 is 0. The van der Waals surface area contributed by atoms with E-state index >= 15 is 0 Å². The summed E-state index contributed by atoms with van der Waals surface area (Å²) in [6, 6.07) is 1.30. The molecule has 1 aliphatic rings. The van der Waals surface area contributed by atoms with Crippen molar-refractivity contribution in [1.82, 2.24) is 9.97 Å². The Labute approximate surface area is 80.8 Å². The van der Waals surface area contributed by atoms with Crippen LogP contribution < -0.4 is 5.56 Å². The van der Waals surface area contributed by atoms with Crippen molar-refractivity contribution in [1.29, 1.82) is 0 Å². The lowest BCUT2D eigenvalue weighted by atomic mass is 10.1. The summed E-state index contributed by atoms with van der Waals surface area (Å²) in [5.74, 6) is 0.785. The molecule has 1 aromatic heterocycles. The van der Waals surface area contributed by atoms with Gasteiger partial charge in [-0.3, -0.25) is 4.79 Å². The van der Waals surface area contributed by atoms with E-state index < -0.39 is 0 Å². The summed E-state index contributed by atoms with van der Waals surface area (Å²) in [6.45, 7) is 1.10. The topological polar surface area (TPSA) is 75.2 Å². The van der Waals surface area contributed by atoms with Gasteiger partial charge >= 0.3 is 0 Å². The Morgan fingerprint density at radius 2 is 2.57 bits per heavy atom. The molecule has 1 aromatic rings. The van der Waals surface area contributed by atoms with Crippen LogP contribution in [-0.2, 0) is 11.3 Å². The number of aromatic amines is 1. The van der Waals surface area contributed by atoms with E-state index in [0.29, 0.717) is 24.7 Å². The second-order valence-corrected chi connectivity index (χ2v) is 3.34. The number of H-pyrrole nitrogens is 1. The average molecular weight is 196 g/mol. The summed E-state index contributed by atoms with van der Waals surface area (Å²) < 4.78 is 5.20. The number of hydrogen-bond acceptors (Lipinski definition) is 4. The molecule has 0 aromatic carbocycles. The number of nitrogens with zero attached hydrogens (tertiary/aromatic N) is 1. The van der Waals surface area contributed by atoms with Gasteiger partial charge in [0.1, 0.15) is 5.82 Å². The normalized spacial score (nSPS) is 21.4. The molecule has 1 aliphatic heterocycles. The molecule has 5 nitrogen and oxygen atoms in total. The molecule has 1 atom stereocenters. The molecule has 0 bridgehead atoms. The van der Waals surface area contributed by atoms with E-state index in [1.807, 2.05) is 0 Å². The highest BCUT2D eigenvalue weighted by Crippen LogP contribution is 2.20. The van der Waals surface area contributed by atoms with Gasteiger partial charge in [0.05, 0.1) is 18.9 Å². The van der Waals surface area contributed by atoms with Crippen LogP contribution in [0.5, 0.6) is 0 Å². The van der Waals surface area contributed by atoms with Crippen LogP contribution in [0.4, 0.5) is 0 Å². The molecule has 0 spiro atoms. The Morgan fingerprint density at radius 3 is 3.21 bits per heavy atom. The zero-order valence-electron chi connectivity index (χ0n) is 7.69. The van der Waals surface area contributed by atoms with Crippen molar-refractivity contribution in [2.24, 2.45) is 0 Å². The van der Waals surface area contributed by atoms with Gasteiger partial charge in [-0.25, -0.2) is 4.98 Å². The fourth-order valence-corrected chi connectivity index (χ4v) is 1.55. The second kappa shape index (κ2) is 3.89. The minimum Gasteiger partial charge on any atom is -0.390 e. The lowest BCUT2D eigenvalue weighted by Gasteiger charge is -2.06. The molecule has 1 saturated heterocycles. The zero-order chi connectivity index (χ0) is 9.97. The largest absolute Gasteiger partial charge is 0.390 e. The third kappa shape index (κ3) is 1.83. The summed E-state index contributed by atoms with van der Waals surface area (Å²) in [7, 11) is 0. The molecule has 1 fully saturated rings. The van der Waals surface area contributed by atoms with Crippen molar-refractivity contribution >= 4 is 0 Å². The van der Waals surface area contributed by atoms with E-state index in [1.165, 1.54) is 6.07 Å². The number of aliphatic hydroxyl groups is 1. The number of ether oxygens (including phenoxy) is 1. The van der Waals surface area contributed by atoms with Gasteiger partial charge in [0.2, 0.25) is 0 Å². The van der Waals surface area contributed by atoms with Crippen LogP contribution in [0, 0.1) is 0 Å². The van der Waals surface area contributed by atoms with Crippen molar-refractivity contribution in [2.45, 2.75) is 18.9 Å². The molecule has 2 N–H and O–H groups in total. The van der Waals surface area contributed by atoms with E-state index in [0.717, 1.165) is 6.42 Å². The predicted octanol–water partition coefficient (Wildman–Crippen LogP) is -0.234. The van der Waals surface area contributed by atoms with Crippen LogP contribution in [0.3, 0.4) is 0 Å². The highest BCUT2D eigenvalue weighted by Gasteiger charge is 2.20. The first-order chi connectivity index (χ1) is 6.79. The quantitative estimate of drug-likeness (QED) is 0.685. The summed E-state index contributed by atoms with van der Waals surface area (Å²) in [4.78, 5) is 18.0. The number of aliphatic hydroxyl groups excluding tert-OH is 1. The van der Waals surface area contributed by atoms with Gasteiger partial charge in [0.15, 0.2) is 0 Å². The Balaban J connectivity index is 2.32. The summed E-state index contributed by atoms with van der Waals surface area (Å²) in [6.07, 6.45) is 0.873. The molecule has 0 radical (unpaired) electrons. The standard InChI is InChI=1S/C9H12N2O3/c12-4-7-3-8(13)11-9(10-7)6-1-2-14-5-6/h3,6,12H,1-2,4-5H2,(H,10,11,13). The number of hydrogen-bond donors (Lipinski definition) is 2. The van der Waals surface area contributed by atoms with Crippen molar-refractivity contribution in [3.05, 3.63) is 27.9 Å². The first-order valence-corrected chi connectivity index (χ1v) is 4.58. The monoisotopic (exact) mass is 196 g/mol. The molecule has 1 unspecified atom stereocenters. The first-order valence-electron chi connectivity index (χ1n) is 4.58. The third-order valence-corrected chi connectivity index (χ3v) is 2.29. The SMILES string of the molecule is O=c1cc(CO)nc(C2CCOC2)[nH]1. The lowest BCUT2D eigenvalue weighted by Crippen LogP contribution is -2.16. The van der Waals surface area contributed by atoms with Crippen molar-refractivity contribution in [3.63, 3.8) is 0 Å². The van der Waals surface area contributed by atoms with E-state index in [9.17, 15) is 4.79 Å².